The summed E-state index contributed by atoms with van der Waals surface area (Å²) in [7, 11) is 1.91. The molecule has 2 unspecified atom stereocenters. The third kappa shape index (κ3) is 4.59. The molecule has 6 heteroatoms. The molecule has 5 rings (SSSR count). The van der Waals surface area contributed by atoms with Crippen molar-refractivity contribution in [3.63, 3.8) is 0 Å². The van der Waals surface area contributed by atoms with Gasteiger partial charge in [0.1, 0.15) is 17.4 Å². The van der Waals surface area contributed by atoms with E-state index in [1.54, 1.807) is 4.68 Å². The summed E-state index contributed by atoms with van der Waals surface area (Å²) in [6, 6.07) is 21.7. The summed E-state index contributed by atoms with van der Waals surface area (Å²) < 4.78 is 8.11. The van der Waals surface area contributed by atoms with Crippen molar-refractivity contribution in [1.29, 1.82) is 5.26 Å². The van der Waals surface area contributed by atoms with Gasteiger partial charge in [-0.1, -0.05) is 54.6 Å². The Kier molecular flexibility index (Phi) is 6.75. The van der Waals surface area contributed by atoms with Crippen LogP contribution in [0.1, 0.15) is 59.1 Å². The molecule has 0 saturated heterocycles. The second kappa shape index (κ2) is 10.1. The molecule has 1 aliphatic rings. The Morgan fingerprint density at radius 3 is 2.78 bits per heavy atom. The van der Waals surface area contributed by atoms with Gasteiger partial charge in [0.05, 0.1) is 11.6 Å². The normalized spacial score (nSPS) is 16.7. The molecular weight excluding hydrogens is 446 g/mol. The van der Waals surface area contributed by atoms with Gasteiger partial charge in [0.15, 0.2) is 0 Å². The number of aromatic nitrogens is 3. The summed E-state index contributed by atoms with van der Waals surface area (Å²) in [6.45, 7) is 9.04. The lowest BCUT2D eigenvalue weighted by Crippen LogP contribution is -2.32. The minimum Gasteiger partial charge on any atom is -0.489 e. The maximum absolute atomic E-state index is 9.73. The third-order valence-corrected chi connectivity index (χ3v) is 7.50. The fraction of sp³-hybridized carbons (Fsp3) is 0.367. The number of benzene rings is 3. The SMILES string of the molecule is CCC1CN(Cc2cc(C(CC#N)c3ccc4c(nnn4C)c3C)ccc2C)Cc2ccccc2O1. The molecule has 2 atom stereocenters. The van der Waals surface area contributed by atoms with E-state index in [2.05, 4.69) is 90.6 Å². The quantitative estimate of drug-likeness (QED) is 0.349. The molecule has 0 fully saturated rings. The summed E-state index contributed by atoms with van der Waals surface area (Å²) in [5.74, 6) is 0.985. The number of aryl methyl sites for hydroxylation is 3. The number of hydrogen-bond acceptors (Lipinski definition) is 5. The highest BCUT2D eigenvalue weighted by atomic mass is 16.5. The molecule has 4 aromatic rings. The van der Waals surface area contributed by atoms with Gasteiger partial charge in [0, 0.05) is 44.6 Å². The fourth-order valence-corrected chi connectivity index (χ4v) is 5.34. The Balaban J connectivity index is 1.48. The molecule has 0 spiro atoms. The Morgan fingerprint density at radius 1 is 1.14 bits per heavy atom. The van der Waals surface area contributed by atoms with E-state index < -0.39 is 0 Å². The topological polar surface area (TPSA) is 67.0 Å². The molecule has 6 nitrogen and oxygen atoms in total. The van der Waals surface area contributed by atoms with Crippen molar-refractivity contribution in [2.45, 2.75) is 58.7 Å². The van der Waals surface area contributed by atoms with Crippen molar-refractivity contribution >= 4 is 11.0 Å². The van der Waals surface area contributed by atoms with Crippen LogP contribution < -0.4 is 4.74 Å². The van der Waals surface area contributed by atoms with Crippen LogP contribution in [0.2, 0.25) is 0 Å². The first-order valence-corrected chi connectivity index (χ1v) is 12.7. The van der Waals surface area contributed by atoms with E-state index in [0.29, 0.717) is 6.42 Å². The Morgan fingerprint density at radius 2 is 1.97 bits per heavy atom. The molecule has 0 bridgehead atoms. The van der Waals surface area contributed by atoms with Crippen LogP contribution in [0.5, 0.6) is 5.75 Å². The summed E-state index contributed by atoms with van der Waals surface area (Å²) in [5, 5.41) is 18.3. The lowest BCUT2D eigenvalue weighted by atomic mass is 9.84. The van der Waals surface area contributed by atoms with Crippen LogP contribution in [0.4, 0.5) is 0 Å². The molecule has 1 aliphatic heterocycles. The Labute approximate surface area is 213 Å². The van der Waals surface area contributed by atoms with E-state index in [1.807, 2.05) is 13.1 Å². The number of para-hydroxylation sites is 1. The average molecular weight is 480 g/mol. The van der Waals surface area contributed by atoms with Crippen LogP contribution in [-0.2, 0) is 20.1 Å². The zero-order chi connectivity index (χ0) is 25.2. The van der Waals surface area contributed by atoms with Gasteiger partial charge < -0.3 is 4.74 Å². The lowest BCUT2D eigenvalue weighted by Gasteiger charge is -2.25. The zero-order valence-corrected chi connectivity index (χ0v) is 21.5. The first-order chi connectivity index (χ1) is 17.5. The summed E-state index contributed by atoms with van der Waals surface area (Å²) >= 11 is 0. The highest BCUT2D eigenvalue weighted by Gasteiger charge is 2.24. The predicted molar refractivity (Wildman–Crippen MR) is 142 cm³/mol. The van der Waals surface area contributed by atoms with Crippen molar-refractivity contribution < 1.29 is 4.74 Å². The summed E-state index contributed by atoms with van der Waals surface area (Å²) in [6.07, 6.45) is 1.56. The van der Waals surface area contributed by atoms with Crippen LogP contribution in [-0.4, -0.2) is 32.5 Å². The number of fused-ring (bicyclic) bond motifs is 2. The second-order valence-electron chi connectivity index (χ2n) is 9.89. The minimum atomic E-state index is -0.0164. The minimum absolute atomic E-state index is 0.0164. The molecule has 0 aliphatic carbocycles. The maximum Gasteiger partial charge on any atom is 0.124 e. The van der Waals surface area contributed by atoms with Crippen LogP contribution >= 0.6 is 0 Å². The molecule has 0 radical (unpaired) electrons. The van der Waals surface area contributed by atoms with Crippen molar-refractivity contribution in [3.8, 4) is 11.8 Å². The zero-order valence-electron chi connectivity index (χ0n) is 21.5. The van der Waals surface area contributed by atoms with Gasteiger partial charge in [-0.3, -0.25) is 4.90 Å². The second-order valence-corrected chi connectivity index (χ2v) is 9.89. The van der Waals surface area contributed by atoms with E-state index in [4.69, 9.17) is 4.74 Å². The maximum atomic E-state index is 9.73. The van der Waals surface area contributed by atoms with Crippen LogP contribution in [0, 0.1) is 25.2 Å². The first-order valence-electron chi connectivity index (χ1n) is 12.7. The van der Waals surface area contributed by atoms with Crippen LogP contribution in [0.15, 0.2) is 54.6 Å². The molecular formula is C30H33N5O. The Bertz CT molecular complexity index is 1430. The number of rotatable bonds is 6. The monoisotopic (exact) mass is 479 g/mol. The van der Waals surface area contributed by atoms with Gasteiger partial charge >= 0.3 is 0 Å². The number of nitriles is 1. The molecule has 0 amide bonds. The van der Waals surface area contributed by atoms with Gasteiger partial charge in [-0.05, 0) is 60.2 Å². The van der Waals surface area contributed by atoms with Crippen molar-refractivity contribution in [2.24, 2.45) is 7.05 Å². The Hall–Kier alpha value is -3.69. The molecule has 0 saturated carbocycles. The smallest absolute Gasteiger partial charge is 0.124 e. The number of ether oxygens (including phenoxy) is 1. The third-order valence-electron chi connectivity index (χ3n) is 7.50. The molecule has 2 heterocycles. The van der Waals surface area contributed by atoms with E-state index in [9.17, 15) is 5.26 Å². The summed E-state index contributed by atoms with van der Waals surface area (Å²) in [4.78, 5) is 2.49. The van der Waals surface area contributed by atoms with Gasteiger partial charge in [0.2, 0.25) is 0 Å². The highest BCUT2D eigenvalue weighted by molar-refractivity contribution is 5.79. The fourth-order valence-electron chi connectivity index (χ4n) is 5.34. The van der Waals surface area contributed by atoms with Gasteiger partial charge in [-0.2, -0.15) is 5.26 Å². The predicted octanol–water partition coefficient (Wildman–Crippen LogP) is 5.80. The standard InChI is InChI=1S/C30H33N5O/c1-5-25-19-35(17-23-8-6-7-9-29(23)36-25)18-24-16-22(11-10-20(24)2)27(14-15-31)26-12-13-28-30(21(26)3)32-33-34(28)4/h6-13,16,25,27H,5,14,17-19H2,1-4H3. The highest BCUT2D eigenvalue weighted by Crippen LogP contribution is 2.34. The molecule has 36 heavy (non-hydrogen) atoms. The van der Waals surface area contributed by atoms with Gasteiger partial charge in [0.25, 0.3) is 0 Å². The largest absolute Gasteiger partial charge is 0.489 e. The number of nitrogens with zero attached hydrogens (tertiary/aromatic N) is 5. The van der Waals surface area contributed by atoms with E-state index in [1.165, 1.54) is 22.3 Å². The summed E-state index contributed by atoms with van der Waals surface area (Å²) in [5.41, 5.74) is 9.10. The van der Waals surface area contributed by atoms with Gasteiger partial charge in [-0.15, -0.1) is 5.10 Å². The van der Waals surface area contributed by atoms with Crippen molar-refractivity contribution in [1.82, 2.24) is 19.9 Å². The average Bonchev–Trinajstić information content (AvgIpc) is 3.16. The number of hydrogen-bond donors (Lipinski definition) is 0. The van der Waals surface area contributed by atoms with E-state index in [-0.39, 0.29) is 12.0 Å². The molecule has 3 aromatic carbocycles. The van der Waals surface area contributed by atoms with E-state index >= 15 is 0 Å². The molecule has 1 aromatic heterocycles. The van der Waals surface area contributed by atoms with E-state index in [0.717, 1.165) is 54.0 Å². The van der Waals surface area contributed by atoms with Crippen LogP contribution in [0.3, 0.4) is 0 Å². The first kappa shape index (κ1) is 24.0. The van der Waals surface area contributed by atoms with Gasteiger partial charge in [-0.25, -0.2) is 4.68 Å². The molecule has 184 valence electrons. The van der Waals surface area contributed by atoms with Crippen LogP contribution in [0.25, 0.3) is 11.0 Å². The van der Waals surface area contributed by atoms with Crippen molar-refractivity contribution in [3.05, 3.63) is 88.0 Å². The lowest BCUT2D eigenvalue weighted by molar-refractivity contribution is 0.139. The van der Waals surface area contributed by atoms with Crippen molar-refractivity contribution in [2.75, 3.05) is 6.54 Å². The molecule has 0 N–H and O–H groups in total.